The number of benzene rings is 1. The molecule has 0 saturated carbocycles. The number of ether oxygens (including phenoxy) is 1. The molecular weight excluding hydrogens is 292 g/mol. The summed E-state index contributed by atoms with van der Waals surface area (Å²) in [5.74, 6) is -0.319. The van der Waals surface area contributed by atoms with Crippen LogP contribution in [0, 0.1) is 13.8 Å². The zero-order chi connectivity index (χ0) is 16.8. The van der Waals surface area contributed by atoms with Crippen LogP contribution in [0.4, 0.5) is 0 Å². The van der Waals surface area contributed by atoms with Crippen LogP contribution in [0.3, 0.4) is 0 Å². The second-order valence-corrected chi connectivity index (χ2v) is 5.20. The van der Waals surface area contributed by atoms with Gasteiger partial charge in [-0.3, -0.25) is 14.3 Å². The largest absolute Gasteiger partial charge is 0.469 e. The minimum Gasteiger partial charge on any atom is -0.469 e. The van der Waals surface area contributed by atoms with Crippen molar-refractivity contribution in [2.75, 3.05) is 7.11 Å². The Morgan fingerprint density at radius 1 is 1.22 bits per heavy atom. The molecule has 0 aliphatic heterocycles. The van der Waals surface area contributed by atoms with Gasteiger partial charge in [-0.1, -0.05) is 30.3 Å². The molecule has 1 heterocycles. The van der Waals surface area contributed by atoms with Crippen LogP contribution >= 0.6 is 0 Å². The quantitative estimate of drug-likeness (QED) is 0.467. The lowest BCUT2D eigenvalue weighted by atomic mass is 10.1. The fraction of sp³-hybridized carbons (Fsp3) is 0.278. The molecule has 1 aromatic heterocycles. The Hall–Kier alpha value is -2.69. The normalized spacial score (nSPS) is 10.9. The zero-order valence-electron chi connectivity index (χ0n) is 13.6. The van der Waals surface area contributed by atoms with E-state index in [1.54, 1.807) is 29.0 Å². The van der Waals surface area contributed by atoms with Crippen molar-refractivity contribution in [3.05, 3.63) is 58.9 Å². The maximum atomic E-state index is 12.1. The predicted octanol–water partition coefficient (Wildman–Crippen LogP) is 2.96. The van der Waals surface area contributed by atoms with Gasteiger partial charge in [0, 0.05) is 16.8 Å². The molecule has 0 bridgehead atoms. The average Bonchev–Trinajstić information content (AvgIpc) is 2.85. The molecule has 0 aliphatic carbocycles. The van der Waals surface area contributed by atoms with E-state index in [9.17, 15) is 9.59 Å². The first-order chi connectivity index (χ1) is 11.0. The van der Waals surface area contributed by atoms with Crippen molar-refractivity contribution in [1.29, 1.82) is 0 Å². The molecule has 23 heavy (non-hydrogen) atoms. The van der Waals surface area contributed by atoms with Crippen molar-refractivity contribution < 1.29 is 14.3 Å². The van der Waals surface area contributed by atoms with E-state index in [0.717, 1.165) is 17.0 Å². The molecule has 5 nitrogen and oxygen atoms in total. The van der Waals surface area contributed by atoms with Crippen molar-refractivity contribution in [2.24, 2.45) is 0 Å². The van der Waals surface area contributed by atoms with Crippen LogP contribution in [0.25, 0.3) is 6.08 Å². The van der Waals surface area contributed by atoms with Crippen LogP contribution in [0.1, 0.15) is 33.7 Å². The second kappa shape index (κ2) is 7.54. The Balaban J connectivity index is 2.14. The second-order valence-electron chi connectivity index (χ2n) is 5.20. The number of nitrogens with zero attached hydrogens (tertiary/aromatic N) is 2. The third-order valence-corrected chi connectivity index (χ3v) is 3.65. The highest BCUT2D eigenvalue weighted by Gasteiger charge is 2.11. The van der Waals surface area contributed by atoms with Gasteiger partial charge in [-0.25, -0.2) is 0 Å². The molecule has 1 aromatic carbocycles. The zero-order valence-corrected chi connectivity index (χ0v) is 13.6. The third-order valence-electron chi connectivity index (χ3n) is 3.65. The summed E-state index contributed by atoms with van der Waals surface area (Å²) in [5, 5.41) is 4.41. The molecule has 0 atom stereocenters. The fourth-order valence-corrected chi connectivity index (χ4v) is 2.33. The number of ketones is 1. The number of hydrogen-bond acceptors (Lipinski definition) is 4. The van der Waals surface area contributed by atoms with Crippen LogP contribution in [-0.4, -0.2) is 28.6 Å². The first-order valence-corrected chi connectivity index (χ1v) is 7.41. The molecule has 2 rings (SSSR count). The number of carbonyl (C=O) groups excluding carboxylic acids is 2. The van der Waals surface area contributed by atoms with Gasteiger partial charge in [-0.05, 0) is 26.0 Å². The Kier molecular flexibility index (Phi) is 5.46. The van der Waals surface area contributed by atoms with Gasteiger partial charge in [0.1, 0.15) is 0 Å². The highest BCUT2D eigenvalue weighted by atomic mass is 16.5. The summed E-state index contributed by atoms with van der Waals surface area (Å²) in [6, 6.07) is 9.11. The van der Waals surface area contributed by atoms with Crippen molar-refractivity contribution in [2.45, 2.75) is 26.8 Å². The number of esters is 1. The average molecular weight is 312 g/mol. The lowest BCUT2D eigenvalue weighted by Gasteiger charge is -2.03. The number of carbonyl (C=O) groups is 2. The Morgan fingerprint density at radius 3 is 2.57 bits per heavy atom. The molecule has 0 amide bonds. The smallest absolute Gasteiger partial charge is 0.307 e. The molecule has 0 aliphatic rings. The molecule has 0 N–H and O–H groups in total. The van der Waals surface area contributed by atoms with Gasteiger partial charge < -0.3 is 4.74 Å². The molecule has 120 valence electrons. The van der Waals surface area contributed by atoms with Gasteiger partial charge in [-0.15, -0.1) is 0 Å². The van der Waals surface area contributed by atoms with E-state index in [2.05, 4.69) is 9.84 Å². The number of hydrogen-bond donors (Lipinski definition) is 0. The Morgan fingerprint density at radius 2 is 1.91 bits per heavy atom. The Labute approximate surface area is 135 Å². The number of methoxy groups -OCH3 is 1. The van der Waals surface area contributed by atoms with Gasteiger partial charge in [0.25, 0.3) is 0 Å². The minimum atomic E-state index is -0.270. The summed E-state index contributed by atoms with van der Waals surface area (Å²) < 4.78 is 6.40. The molecular formula is C18H20N2O3. The van der Waals surface area contributed by atoms with E-state index >= 15 is 0 Å². The number of aromatic nitrogens is 2. The lowest BCUT2D eigenvalue weighted by molar-refractivity contribution is -0.140. The van der Waals surface area contributed by atoms with E-state index < -0.39 is 0 Å². The van der Waals surface area contributed by atoms with Crippen molar-refractivity contribution in [3.8, 4) is 0 Å². The highest BCUT2D eigenvalue weighted by molar-refractivity contribution is 6.06. The molecule has 0 spiro atoms. The fourth-order valence-electron chi connectivity index (χ4n) is 2.33. The van der Waals surface area contributed by atoms with Crippen LogP contribution < -0.4 is 0 Å². The molecule has 0 unspecified atom stereocenters. The van der Waals surface area contributed by atoms with E-state index in [4.69, 9.17) is 0 Å². The van der Waals surface area contributed by atoms with E-state index in [-0.39, 0.29) is 18.2 Å². The number of aryl methyl sites for hydroxylation is 2. The van der Waals surface area contributed by atoms with Gasteiger partial charge >= 0.3 is 5.97 Å². The molecule has 0 fully saturated rings. The van der Waals surface area contributed by atoms with E-state index in [0.29, 0.717) is 12.1 Å². The summed E-state index contributed by atoms with van der Waals surface area (Å²) in [6.45, 7) is 4.26. The summed E-state index contributed by atoms with van der Waals surface area (Å²) in [6.07, 6.45) is 3.60. The number of allylic oxidation sites excluding steroid dienone is 1. The highest BCUT2D eigenvalue weighted by Crippen LogP contribution is 2.16. The summed E-state index contributed by atoms with van der Waals surface area (Å²) >= 11 is 0. The summed E-state index contributed by atoms with van der Waals surface area (Å²) in [4.78, 5) is 23.4. The minimum absolute atomic E-state index is 0.0493. The Bertz CT molecular complexity index is 730. The maximum absolute atomic E-state index is 12.1. The van der Waals surface area contributed by atoms with Gasteiger partial charge in [0.2, 0.25) is 0 Å². The van der Waals surface area contributed by atoms with E-state index in [1.165, 1.54) is 7.11 Å². The predicted molar refractivity (Wildman–Crippen MR) is 88.1 cm³/mol. The third kappa shape index (κ3) is 4.16. The van der Waals surface area contributed by atoms with Crippen LogP contribution in [0.5, 0.6) is 0 Å². The first kappa shape index (κ1) is 16.7. The van der Waals surface area contributed by atoms with Gasteiger partial charge in [0.15, 0.2) is 5.78 Å². The first-order valence-electron chi connectivity index (χ1n) is 7.41. The summed E-state index contributed by atoms with van der Waals surface area (Å²) in [7, 11) is 1.37. The van der Waals surface area contributed by atoms with Gasteiger partial charge in [-0.2, -0.15) is 5.10 Å². The van der Waals surface area contributed by atoms with E-state index in [1.807, 2.05) is 32.0 Å². The van der Waals surface area contributed by atoms with Crippen LogP contribution in [0.15, 0.2) is 36.4 Å². The van der Waals surface area contributed by atoms with Crippen molar-refractivity contribution in [3.63, 3.8) is 0 Å². The monoisotopic (exact) mass is 312 g/mol. The summed E-state index contributed by atoms with van der Waals surface area (Å²) in [5.41, 5.74) is 3.30. The maximum Gasteiger partial charge on any atom is 0.307 e. The lowest BCUT2D eigenvalue weighted by Crippen LogP contribution is -2.09. The molecule has 5 heteroatoms. The molecule has 0 saturated heterocycles. The van der Waals surface area contributed by atoms with Gasteiger partial charge in [0.05, 0.1) is 25.8 Å². The SMILES string of the molecule is COC(=O)CCn1nc(C)c(C=CC(=O)c2ccccc2)c1C. The molecule has 2 aromatic rings. The van der Waals surface area contributed by atoms with Crippen LogP contribution in [-0.2, 0) is 16.1 Å². The topological polar surface area (TPSA) is 61.2 Å². The molecule has 0 radical (unpaired) electrons. The van der Waals surface area contributed by atoms with Crippen molar-refractivity contribution in [1.82, 2.24) is 9.78 Å². The standard InChI is InChI=1S/C18H20N2O3/c1-13-16(9-10-17(21)15-7-5-4-6-8-15)14(2)20(19-13)12-11-18(22)23-3/h4-10H,11-12H2,1-3H3. The van der Waals surface area contributed by atoms with Crippen LogP contribution in [0.2, 0.25) is 0 Å². The van der Waals surface area contributed by atoms with Crippen molar-refractivity contribution >= 4 is 17.8 Å². The number of rotatable bonds is 6.